The summed E-state index contributed by atoms with van der Waals surface area (Å²) in [5, 5.41) is 22.3. The van der Waals surface area contributed by atoms with Crippen LogP contribution in [0.1, 0.15) is 6.92 Å². The third-order valence-corrected chi connectivity index (χ3v) is 2.14. The standard InChI is InChI=1S/C11H17N3O5/c1-7(11(16)17)14-10(15)8(4-12)5-13-6-9(18-2)19-3/h5,7,9,13H,6H2,1-3H3,(H,14,15)(H,16,17)/b8-5-. The van der Waals surface area contributed by atoms with Crippen molar-refractivity contribution in [2.75, 3.05) is 20.8 Å². The van der Waals surface area contributed by atoms with E-state index >= 15 is 0 Å². The number of carboxylic acids is 1. The molecule has 0 bridgehead atoms. The molecule has 0 spiro atoms. The molecule has 0 saturated carbocycles. The maximum absolute atomic E-state index is 11.5. The molecule has 8 nitrogen and oxygen atoms in total. The summed E-state index contributed by atoms with van der Waals surface area (Å²) < 4.78 is 9.79. The van der Waals surface area contributed by atoms with E-state index in [0.29, 0.717) is 0 Å². The van der Waals surface area contributed by atoms with Crippen molar-refractivity contribution in [2.45, 2.75) is 19.3 Å². The average Bonchev–Trinajstić information content (AvgIpc) is 2.38. The number of nitriles is 1. The lowest BCUT2D eigenvalue weighted by atomic mass is 10.2. The molecule has 1 unspecified atom stereocenters. The van der Waals surface area contributed by atoms with Gasteiger partial charge in [0.15, 0.2) is 6.29 Å². The van der Waals surface area contributed by atoms with E-state index in [-0.39, 0.29) is 12.1 Å². The van der Waals surface area contributed by atoms with Crippen LogP contribution in [0.3, 0.4) is 0 Å². The smallest absolute Gasteiger partial charge is 0.325 e. The lowest BCUT2D eigenvalue weighted by Gasteiger charge is -2.13. The van der Waals surface area contributed by atoms with Gasteiger partial charge in [-0.05, 0) is 6.92 Å². The Balaban J connectivity index is 4.44. The highest BCUT2D eigenvalue weighted by molar-refractivity contribution is 5.99. The van der Waals surface area contributed by atoms with Crippen molar-refractivity contribution >= 4 is 11.9 Å². The van der Waals surface area contributed by atoms with Crippen LogP contribution in [0.4, 0.5) is 0 Å². The Morgan fingerprint density at radius 1 is 1.42 bits per heavy atom. The molecule has 0 aliphatic rings. The van der Waals surface area contributed by atoms with Crippen LogP contribution < -0.4 is 10.6 Å². The van der Waals surface area contributed by atoms with Gasteiger partial charge in [-0.15, -0.1) is 0 Å². The molecule has 0 aliphatic heterocycles. The molecular weight excluding hydrogens is 254 g/mol. The highest BCUT2D eigenvalue weighted by atomic mass is 16.7. The Morgan fingerprint density at radius 3 is 2.42 bits per heavy atom. The van der Waals surface area contributed by atoms with Gasteiger partial charge < -0.3 is 25.2 Å². The zero-order chi connectivity index (χ0) is 14.8. The van der Waals surface area contributed by atoms with E-state index in [0.717, 1.165) is 0 Å². The summed E-state index contributed by atoms with van der Waals surface area (Å²) >= 11 is 0. The molecule has 0 aromatic heterocycles. The summed E-state index contributed by atoms with van der Waals surface area (Å²) in [6.07, 6.45) is 0.659. The van der Waals surface area contributed by atoms with Gasteiger partial charge in [-0.3, -0.25) is 9.59 Å². The molecule has 0 saturated heterocycles. The monoisotopic (exact) mass is 271 g/mol. The summed E-state index contributed by atoms with van der Waals surface area (Å²) in [5.74, 6) is -1.95. The number of ether oxygens (including phenoxy) is 2. The zero-order valence-electron chi connectivity index (χ0n) is 11.0. The predicted octanol–water partition coefficient (Wildman–Crippen LogP) is -0.808. The highest BCUT2D eigenvalue weighted by Crippen LogP contribution is 1.94. The number of carbonyl (C=O) groups excluding carboxylic acids is 1. The second kappa shape index (κ2) is 8.91. The van der Waals surface area contributed by atoms with Crippen LogP contribution in [-0.4, -0.2) is 50.1 Å². The molecule has 0 aromatic rings. The van der Waals surface area contributed by atoms with Crippen LogP contribution in [0.2, 0.25) is 0 Å². The number of hydrogen-bond donors (Lipinski definition) is 3. The van der Waals surface area contributed by atoms with Crippen LogP contribution in [0.15, 0.2) is 11.8 Å². The van der Waals surface area contributed by atoms with Crippen molar-refractivity contribution in [2.24, 2.45) is 0 Å². The summed E-state index contributed by atoms with van der Waals surface area (Å²) in [4.78, 5) is 22.1. The van der Waals surface area contributed by atoms with Crippen molar-refractivity contribution in [1.29, 1.82) is 5.26 Å². The fourth-order valence-electron chi connectivity index (χ4n) is 1.00. The first kappa shape index (κ1) is 16.9. The number of aliphatic carboxylic acids is 1. The molecule has 0 heterocycles. The molecule has 19 heavy (non-hydrogen) atoms. The van der Waals surface area contributed by atoms with Crippen molar-refractivity contribution in [3.05, 3.63) is 11.8 Å². The molecule has 0 aliphatic carbocycles. The van der Waals surface area contributed by atoms with Gasteiger partial charge in [-0.25, -0.2) is 0 Å². The average molecular weight is 271 g/mol. The number of amides is 1. The second-order valence-corrected chi connectivity index (χ2v) is 3.51. The van der Waals surface area contributed by atoms with E-state index in [1.165, 1.54) is 27.3 Å². The van der Waals surface area contributed by atoms with Crippen LogP contribution in [-0.2, 0) is 19.1 Å². The summed E-state index contributed by atoms with van der Waals surface area (Å²) in [7, 11) is 2.90. The first-order valence-electron chi connectivity index (χ1n) is 5.39. The molecule has 0 rings (SSSR count). The number of nitrogens with zero attached hydrogens (tertiary/aromatic N) is 1. The fraction of sp³-hybridized carbons (Fsp3) is 0.545. The van der Waals surface area contributed by atoms with Crippen molar-refractivity contribution in [3.8, 4) is 6.07 Å². The van der Waals surface area contributed by atoms with Gasteiger partial charge in [0.25, 0.3) is 5.91 Å². The number of hydrogen-bond acceptors (Lipinski definition) is 6. The molecular formula is C11H17N3O5. The largest absolute Gasteiger partial charge is 0.480 e. The molecule has 106 valence electrons. The summed E-state index contributed by atoms with van der Waals surface area (Å²) in [5.41, 5.74) is -0.237. The topological polar surface area (TPSA) is 121 Å². The van der Waals surface area contributed by atoms with Crippen molar-refractivity contribution in [3.63, 3.8) is 0 Å². The Hall–Kier alpha value is -2.11. The molecule has 0 aromatic carbocycles. The minimum atomic E-state index is -1.18. The van der Waals surface area contributed by atoms with E-state index in [2.05, 4.69) is 10.6 Å². The number of carbonyl (C=O) groups is 2. The predicted molar refractivity (Wildman–Crippen MR) is 64.7 cm³/mol. The Bertz CT molecular complexity index is 384. The first-order chi connectivity index (χ1) is 8.96. The fourth-order valence-corrected chi connectivity index (χ4v) is 1.00. The van der Waals surface area contributed by atoms with Crippen molar-refractivity contribution in [1.82, 2.24) is 10.6 Å². The van der Waals surface area contributed by atoms with Crippen LogP contribution in [0.25, 0.3) is 0 Å². The number of rotatable bonds is 8. The van der Waals surface area contributed by atoms with Crippen LogP contribution in [0.5, 0.6) is 0 Å². The minimum absolute atomic E-state index is 0.236. The number of carboxylic acid groups (broad SMARTS) is 1. The molecule has 1 amide bonds. The SMILES string of the molecule is COC(CN/C=C(/C#N)C(=O)NC(C)C(=O)O)OC. The Labute approximate surface area is 111 Å². The molecule has 0 radical (unpaired) electrons. The molecule has 1 atom stereocenters. The maximum atomic E-state index is 11.5. The van der Waals surface area contributed by atoms with Gasteiger partial charge in [0, 0.05) is 20.4 Å². The van der Waals surface area contributed by atoms with Crippen LogP contribution in [0, 0.1) is 11.3 Å². The molecule has 0 fully saturated rings. The van der Waals surface area contributed by atoms with E-state index in [1.807, 2.05) is 0 Å². The highest BCUT2D eigenvalue weighted by Gasteiger charge is 2.17. The third-order valence-electron chi connectivity index (χ3n) is 2.14. The molecule has 8 heteroatoms. The van der Waals surface area contributed by atoms with Gasteiger partial charge in [0.2, 0.25) is 0 Å². The lowest BCUT2D eigenvalue weighted by molar-refractivity contribution is -0.140. The first-order valence-corrected chi connectivity index (χ1v) is 5.39. The second-order valence-electron chi connectivity index (χ2n) is 3.51. The normalized spacial score (nSPS) is 12.7. The minimum Gasteiger partial charge on any atom is -0.480 e. The summed E-state index contributed by atoms with van der Waals surface area (Å²) in [6.45, 7) is 1.54. The van der Waals surface area contributed by atoms with E-state index < -0.39 is 24.2 Å². The number of nitrogens with one attached hydrogen (secondary N) is 2. The maximum Gasteiger partial charge on any atom is 0.325 e. The Morgan fingerprint density at radius 2 is 2.00 bits per heavy atom. The molecule has 3 N–H and O–H groups in total. The van der Waals surface area contributed by atoms with E-state index in [1.54, 1.807) is 6.07 Å². The Kier molecular flexibility index (Phi) is 7.92. The van der Waals surface area contributed by atoms with Crippen molar-refractivity contribution < 1.29 is 24.2 Å². The summed E-state index contributed by atoms with van der Waals surface area (Å²) in [6, 6.07) is 0.594. The quantitative estimate of drug-likeness (QED) is 0.300. The number of methoxy groups -OCH3 is 2. The van der Waals surface area contributed by atoms with E-state index in [4.69, 9.17) is 19.8 Å². The van der Waals surface area contributed by atoms with Gasteiger partial charge >= 0.3 is 5.97 Å². The van der Waals surface area contributed by atoms with E-state index in [9.17, 15) is 9.59 Å². The lowest BCUT2D eigenvalue weighted by Crippen LogP contribution is -2.39. The third kappa shape index (κ3) is 6.40. The van der Waals surface area contributed by atoms with Gasteiger partial charge in [0.1, 0.15) is 17.7 Å². The zero-order valence-corrected chi connectivity index (χ0v) is 11.0. The van der Waals surface area contributed by atoms with Gasteiger partial charge in [0.05, 0.1) is 6.54 Å². The van der Waals surface area contributed by atoms with Gasteiger partial charge in [-0.2, -0.15) is 5.26 Å². The van der Waals surface area contributed by atoms with Crippen LogP contribution >= 0.6 is 0 Å². The van der Waals surface area contributed by atoms with Gasteiger partial charge in [-0.1, -0.05) is 0 Å².